The highest BCUT2D eigenvalue weighted by molar-refractivity contribution is 7.47. The third-order valence-corrected chi connectivity index (χ3v) is 17.6. The Balaban J connectivity index is 5.29. The molecule has 19 heteroatoms. The first kappa shape index (κ1) is 89.0. The Bertz CT molecular complexity index is 1940. The first-order chi connectivity index (χ1) is 44.7. The monoisotopic (exact) mass is 1340 g/mol. The van der Waals surface area contributed by atoms with Crippen LogP contribution in [0.4, 0.5) is 0 Å². The minimum Gasteiger partial charge on any atom is -0.462 e. The van der Waals surface area contributed by atoms with Gasteiger partial charge < -0.3 is 33.8 Å². The van der Waals surface area contributed by atoms with Crippen molar-refractivity contribution in [2.75, 3.05) is 39.6 Å². The van der Waals surface area contributed by atoms with Gasteiger partial charge in [-0.3, -0.25) is 37.3 Å². The predicted molar refractivity (Wildman–Crippen MR) is 372 cm³/mol. The maximum absolute atomic E-state index is 13.0. The molecule has 0 aromatic rings. The highest BCUT2D eigenvalue weighted by Gasteiger charge is 2.30. The molecule has 0 bridgehead atoms. The van der Waals surface area contributed by atoms with Crippen LogP contribution in [0.15, 0.2) is 48.6 Å². The van der Waals surface area contributed by atoms with Crippen LogP contribution in [0.1, 0.15) is 336 Å². The highest BCUT2D eigenvalue weighted by Crippen LogP contribution is 2.45. The molecule has 92 heavy (non-hydrogen) atoms. The number of phosphoric ester groups is 2. The van der Waals surface area contributed by atoms with Gasteiger partial charge in [-0.1, -0.05) is 263 Å². The van der Waals surface area contributed by atoms with Gasteiger partial charge in [0.2, 0.25) is 0 Å². The molecule has 0 radical (unpaired) electrons. The van der Waals surface area contributed by atoms with Crippen molar-refractivity contribution in [3.8, 4) is 0 Å². The molecule has 0 aliphatic carbocycles. The van der Waals surface area contributed by atoms with E-state index < -0.39 is 97.5 Å². The number of ether oxygens (including phenoxy) is 4. The molecule has 0 aliphatic heterocycles. The molecule has 0 spiro atoms. The molecule has 0 saturated heterocycles. The average molecular weight is 1350 g/mol. The summed E-state index contributed by atoms with van der Waals surface area (Å²) in [7, 11) is -9.93. The second-order valence-electron chi connectivity index (χ2n) is 24.9. The zero-order chi connectivity index (χ0) is 67.5. The molecular formula is C73H134O17P2. The summed E-state index contributed by atoms with van der Waals surface area (Å²) in [5.41, 5.74) is 0. The highest BCUT2D eigenvalue weighted by atomic mass is 31.2. The summed E-state index contributed by atoms with van der Waals surface area (Å²) in [6.45, 7) is 4.76. The van der Waals surface area contributed by atoms with Crippen molar-refractivity contribution >= 4 is 39.5 Å². The van der Waals surface area contributed by atoms with Gasteiger partial charge in [0.25, 0.3) is 0 Å². The smallest absolute Gasteiger partial charge is 0.462 e. The van der Waals surface area contributed by atoms with Crippen molar-refractivity contribution < 1.29 is 80.2 Å². The quantitative estimate of drug-likeness (QED) is 0.0169. The standard InChI is InChI=1S/C73H134O17P2/c1-5-9-13-17-21-25-29-32-33-36-39-42-46-50-54-58-71(76)84-64-69(90-73(78)60-56-52-48-44-40-35-31-27-23-19-15-11-7-3)66-88-92(81,82)86-62-67(74)61-85-91(79,80)87-65-68(89-72(77)59-55-51-47-43-37-28-24-20-16-12-8-4)63-83-70(75)57-53-49-45-41-38-34-30-26-22-18-14-10-6-2/h15,19-20,24,26-27,30-31,67-69,74H,5-14,16-18,21-23,25,28-29,32-66H2,1-4H3,(H,79,80)(H,81,82)/b19-15-,24-20-,30-26-,31-27-. The van der Waals surface area contributed by atoms with Crippen LogP contribution in [0.25, 0.3) is 0 Å². The Morgan fingerprint density at radius 1 is 0.304 bits per heavy atom. The molecule has 0 amide bonds. The summed E-state index contributed by atoms with van der Waals surface area (Å²) in [4.78, 5) is 72.6. The van der Waals surface area contributed by atoms with Gasteiger partial charge >= 0.3 is 39.5 Å². The number of esters is 4. The van der Waals surface area contributed by atoms with Crippen molar-refractivity contribution in [2.24, 2.45) is 0 Å². The second-order valence-corrected chi connectivity index (χ2v) is 27.8. The van der Waals surface area contributed by atoms with Gasteiger partial charge in [0.05, 0.1) is 26.4 Å². The molecule has 0 fully saturated rings. The molecular weight excluding hydrogens is 1210 g/mol. The van der Waals surface area contributed by atoms with E-state index in [0.29, 0.717) is 25.7 Å². The van der Waals surface area contributed by atoms with E-state index in [2.05, 4.69) is 76.3 Å². The second kappa shape index (κ2) is 66.6. The summed E-state index contributed by atoms with van der Waals surface area (Å²) in [6.07, 6.45) is 61.1. The van der Waals surface area contributed by atoms with Crippen molar-refractivity contribution in [1.82, 2.24) is 0 Å². The van der Waals surface area contributed by atoms with E-state index >= 15 is 0 Å². The molecule has 0 heterocycles. The predicted octanol–water partition coefficient (Wildman–Crippen LogP) is 20.6. The largest absolute Gasteiger partial charge is 0.472 e. The number of allylic oxidation sites excluding steroid dienone is 8. The van der Waals surface area contributed by atoms with Crippen LogP contribution in [-0.2, 0) is 65.4 Å². The molecule has 5 atom stereocenters. The van der Waals surface area contributed by atoms with Crippen LogP contribution < -0.4 is 0 Å². The van der Waals surface area contributed by atoms with E-state index in [1.807, 2.05) is 0 Å². The van der Waals surface area contributed by atoms with Gasteiger partial charge in [-0.25, -0.2) is 9.13 Å². The van der Waals surface area contributed by atoms with Gasteiger partial charge in [0.15, 0.2) is 12.2 Å². The summed E-state index contributed by atoms with van der Waals surface area (Å²) < 4.78 is 68.3. The fourth-order valence-corrected chi connectivity index (χ4v) is 11.6. The van der Waals surface area contributed by atoms with Gasteiger partial charge in [-0.15, -0.1) is 0 Å². The van der Waals surface area contributed by atoms with Gasteiger partial charge in [-0.05, 0) is 96.3 Å². The third-order valence-electron chi connectivity index (χ3n) is 15.7. The minimum atomic E-state index is -4.96. The molecule has 0 aromatic carbocycles. The van der Waals surface area contributed by atoms with E-state index in [1.54, 1.807) is 0 Å². The molecule has 17 nitrogen and oxygen atoms in total. The summed E-state index contributed by atoms with van der Waals surface area (Å²) >= 11 is 0. The van der Waals surface area contributed by atoms with Crippen molar-refractivity contribution in [2.45, 2.75) is 354 Å². The van der Waals surface area contributed by atoms with Crippen molar-refractivity contribution in [3.63, 3.8) is 0 Å². The molecule has 0 saturated carbocycles. The van der Waals surface area contributed by atoms with E-state index in [4.69, 9.17) is 37.0 Å². The first-order valence-corrected chi connectivity index (χ1v) is 39.9. The average Bonchev–Trinajstić information content (AvgIpc) is 1.82. The van der Waals surface area contributed by atoms with Crippen LogP contribution in [0.3, 0.4) is 0 Å². The number of unbranched alkanes of at least 4 members (excludes halogenated alkanes) is 36. The Hall–Kier alpha value is -2.98. The summed E-state index contributed by atoms with van der Waals surface area (Å²) in [6, 6.07) is 0. The number of hydrogen-bond donors (Lipinski definition) is 3. The van der Waals surface area contributed by atoms with Crippen LogP contribution in [-0.4, -0.2) is 96.7 Å². The summed E-state index contributed by atoms with van der Waals surface area (Å²) in [5.74, 6) is -2.18. The summed E-state index contributed by atoms with van der Waals surface area (Å²) in [5, 5.41) is 10.6. The Morgan fingerprint density at radius 3 is 0.902 bits per heavy atom. The molecule has 0 aromatic heterocycles. The molecule has 538 valence electrons. The number of aliphatic hydroxyl groups is 1. The number of aliphatic hydroxyl groups excluding tert-OH is 1. The SMILES string of the molecule is CCC/C=C\C/C=C\CCCCCCCC(=O)OC(COC(=O)CCCCCCCCCCCCCCCCC)COP(=O)(O)OCC(O)COP(=O)(O)OCC(COC(=O)CCCCCCC/C=C\CCCCCC)OC(=O)CCCCCCC/C=C\CCCC. The fraction of sp³-hybridized carbons (Fsp3) is 0.836. The van der Waals surface area contributed by atoms with Crippen LogP contribution in [0, 0.1) is 0 Å². The van der Waals surface area contributed by atoms with Gasteiger partial charge in [0, 0.05) is 25.7 Å². The Labute approximate surface area is 559 Å². The number of hydrogen-bond acceptors (Lipinski definition) is 15. The lowest BCUT2D eigenvalue weighted by Crippen LogP contribution is -2.30. The van der Waals surface area contributed by atoms with Crippen LogP contribution in [0.2, 0.25) is 0 Å². The fourth-order valence-electron chi connectivity index (χ4n) is 10.1. The number of phosphoric acid groups is 2. The normalized spacial score (nSPS) is 14.3. The van der Waals surface area contributed by atoms with Crippen LogP contribution in [0.5, 0.6) is 0 Å². The Morgan fingerprint density at radius 2 is 0.565 bits per heavy atom. The van der Waals surface area contributed by atoms with Crippen LogP contribution >= 0.6 is 15.6 Å². The lowest BCUT2D eigenvalue weighted by atomic mass is 10.0. The topological polar surface area (TPSA) is 237 Å². The maximum Gasteiger partial charge on any atom is 0.472 e. The van der Waals surface area contributed by atoms with E-state index in [0.717, 1.165) is 148 Å². The van der Waals surface area contributed by atoms with Gasteiger partial charge in [0.1, 0.15) is 19.3 Å². The van der Waals surface area contributed by atoms with E-state index in [1.165, 1.54) is 109 Å². The lowest BCUT2D eigenvalue weighted by Gasteiger charge is -2.21. The maximum atomic E-state index is 13.0. The number of carbonyl (C=O) groups is 4. The molecule has 5 unspecified atom stereocenters. The molecule has 0 rings (SSSR count). The molecule has 0 aliphatic rings. The van der Waals surface area contributed by atoms with Gasteiger partial charge in [-0.2, -0.15) is 0 Å². The molecule has 3 N–H and O–H groups in total. The first-order valence-electron chi connectivity index (χ1n) is 36.9. The van der Waals surface area contributed by atoms with E-state index in [9.17, 15) is 43.2 Å². The zero-order valence-corrected chi connectivity index (χ0v) is 60.3. The minimum absolute atomic E-state index is 0.0843. The Kier molecular flexibility index (Phi) is 64.5. The number of rotatable bonds is 70. The van der Waals surface area contributed by atoms with Crippen molar-refractivity contribution in [3.05, 3.63) is 48.6 Å². The van der Waals surface area contributed by atoms with E-state index in [-0.39, 0.29) is 25.7 Å². The third kappa shape index (κ3) is 65.7. The zero-order valence-electron chi connectivity index (χ0n) is 58.5. The van der Waals surface area contributed by atoms with Crippen molar-refractivity contribution in [1.29, 1.82) is 0 Å². The number of carbonyl (C=O) groups excluding carboxylic acids is 4. The lowest BCUT2D eigenvalue weighted by molar-refractivity contribution is -0.161.